The van der Waals surface area contributed by atoms with E-state index in [1.807, 2.05) is 0 Å². The highest BCUT2D eigenvalue weighted by molar-refractivity contribution is 6.32. The molecule has 1 N–H and O–H groups in total. The Labute approximate surface area is 169 Å². The molecule has 0 radical (unpaired) electrons. The lowest BCUT2D eigenvalue weighted by atomic mass is 10.1. The lowest BCUT2D eigenvalue weighted by molar-refractivity contribution is -0.115. The van der Waals surface area contributed by atoms with Gasteiger partial charge in [-0.3, -0.25) is 4.79 Å². The van der Waals surface area contributed by atoms with Crippen LogP contribution in [0, 0.1) is 0 Å². The number of amides is 1. The zero-order valence-corrected chi connectivity index (χ0v) is 17.1. The highest BCUT2D eigenvalue weighted by atomic mass is 35.5. The molecule has 8 heteroatoms. The number of carbonyl (C=O) groups excluding carboxylic acids is 1. The summed E-state index contributed by atoms with van der Waals surface area (Å²) >= 11 is 6.20. The van der Waals surface area contributed by atoms with Crippen molar-refractivity contribution in [3.8, 4) is 23.0 Å². The van der Waals surface area contributed by atoms with Gasteiger partial charge in [0.1, 0.15) is 6.61 Å². The first-order chi connectivity index (χ1) is 13.5. The Morgan fingerprint density at radius 2 is 1.64 bits per heavy atom. The molecule has 0 aromatic heterocycles. The summed E-state index contributed by atoms with van der Waals surface area (Å²) in [7, 11) is 6.15. The fourth-order valence-electron chi connectivity index (χ4n) is 2.60. The Morgan fingerprint density at radius 3 is 2.21 bits per heavy atom. The second-order valence-electron chi connectivity index (χ2n) is 5.72. The predicted molar refractivity (Wildman–Crippen MR) is 107 cm³/mol. The first kappa shape index (κ1) is 21.7. The second-order valence-corrected chi connectivity index (χ2v) is 6.12. The van der Waals surface area contributed by atoms with Crippen molar-refractivity contribution in [3.05, 3.63) is 40.9 Å². The van der Waals surface area contributed by atoms with Crippen LogP contribution in [0.4, 0.5) is 5.69 Å². The average Bonchev–Trinajstić information content (AvgIpc) is 2.69. The molecule has 7 nitrogen and oxygen atoms in total. The minimum atomic E-state index is -0.242. The molecule has 1 amide bonds. The van der Waals surface area contributed by atoms with E-state index >= 15 is 0 Å². The lowest BCUT2D eigenvalue weighted by Gasteiger charge is -2.15. The summed E-state index contributed by atoms with van der Waals surface area (Å²) in [5.74, 6) is 1.59. The van der Waals surface area contributed by atoms with Crippen LogP contribution in [0.25, 0.3) is 0 Å². The summed E-state index contributed by atoms with van der Waals surface area (Å²) in [6, 6.07) is 8.62. The van der Waals surface area contributed by atoms with Crippen LogP contribution in [0.3, 0.4) is 0 Å². The number of rotatable bonds is 10. The number of benzene rings is 2. The van der Waals surface area contributed by atoms with E-state index in [9.17, 15) is 4.79 Å². The lowest BCUT2D eigenvalue weighted by Crippen LogP contribution is -2.16. The molecule has 2 rings (SSSR count). The van der Waals surface area contributed by atoms with Gasteiger partial charge in [-0.1, -0.05) is 17.7 Å². The van der Waals surface area contributed by atoms with Gasteiger partial charge in [0.05, 0.1) is 45.1 Å². The molecule has 0 atom stereocenters. The Kier molecular flexibility index (Phi) is 8.22. The van der Waals surface area contributed by atoms with E-state index in [-0.39, 0.29) is 12.3 Å². The normalized spacial score (nSPS) is 10.3. The van der Waals surface area contributed by atoms with Gasteiger partial charge in [0.15, 0.2) is 17.2 Å². The molecule has 0 fully saturated rings. The molecule has 0 aliphatic carbocycles. The SMILES string of the molecule is COCCOc1c(Cl)cccc1NC(=O)Cc1cc(OC)c(OC)c(OC)c1. The van der Waals surface area contributed by atoms with E-state index in [0.29, 0.717) is 52.5 Å². The van der Waals surface area contributed by atoms with Gasteiger partial charge in [0, 0.05) is 7.11 Å². The van der Waals surface area contributed by atoms with Gasteiger partial charge in [-0.2, -0.15) is 0 Å². The number of hydrogen-bond acceptors (Lipinski definition) is 6. The van der Waals surface area contributed by atoms with Crippen molar-refractivity contribution in [2.45, 2.75) is 6.42 Å². The van der Waals surface area contributed by atoms with Crippen LogP contribution in [0.1, 0.15) is 5.56 Å². The molecule has 0 unspecified atom stereocenters. The fraction of sp³-hybridized carbons (Fsp3) is 0.350. The summed E-state index contributed by atoms with van der Waals surface area (Å²) in [6.45, 7) is 0.722. The summed E-state index contributed by atoms with van der Waals surface area (Å²) in [6.07, 6.45) is 0.0980. The van der Waals surface area contributed by atoms with Crippen LogP contribution in [-0.2, 0) is 16.0 Å². The largest absolute Gasteiger partial charge is 0.493 e. The van der Waals surface area contributed by atoms with E-state index in [1.54, 1.807) is 37.4 Å². The molecule has 0 spiro atoms. The maximum absolute atomic E-state index is 12.6. The first-order valence-electron chi connectivity index (χ1n) is 8.53. The van der Waals surface area contributed by atoms with Crippen LogP contribution in [0.15, 0.2) is 30.3 Å². The number of hydrogen-bond donors (Lipinski definition) is 1. The number of para-hydroxylation sites is 1. The molecule has 0 aliphatic heterocycles. The van der Waals surface area contributed by atoms with Gasteiger partial charge < -0.3 is 29.0 Å². The van der Waals surface area contributed by atoms with Crippen molar-refractivity contribution < 1.29 is 28.5 Å². The molecule has 0 aliphatic rings. The van der Waals surface area contributed by atoms with Crippen LogP contribution in [0.5, 0.6) is 23.0 Å². The Bertz CT molecular complexity index is 786. The number of anilines is 1. The average molecular weight is 410 g/mol. The highest BCUT2D eigenvalue weighted by Gasteiger charge is 2.16. The molecule has 0 bridgehead atoms. The predicted octanol–water partition coefficient (Wildman–Crippen LogP) is 3.57. The number of nitrogens with one attached hydrogen (secondary N) is 1. The maximum Gasteiger partial charge on any atom is 0.228 e. The molecule has 152 valence electrons. The van der Waals surface area contributed by atoms with Crippen LogP contribution < -0.4 is 24.3 Å². The molecule has 28 heavy (non-hydrogen) atoms. The zero-order chi connectivity index (χ0) is 20.5. The minimum Gasteiger partial charge on any atom is -0.493 e. The van der Waals surface area contributed by atoms with Gasteiger partial charge in [-0.25, -0.2) is 0 Å². The first-order valence-corrected chi connectivity index (χ1v) is 8.90. The minimum absolute atomic E-state index is 0.0980. The maximum atomic E-state index is 12.6. The van der Waals surface area contributed by atoms with Crippen molar-refractivity contribution in [1.29, 1.82) is 0 Å². The summed E-state index contributed by atoms with van der Waals surface area (Å²) < 4.78 is 26.6. The highest BCUT2D eigenvalue weighted by Crippen LogP contribution is 2.38. The number of halogens is 1. The fourth-order valence-corrected chi connectivity index (χ4v) is 2.83. The molecule has 0 heterocycles. The quantitative estimate of drug-likeness (QED) is 0.604. The third kappa shape index (κ3) is 5.43. The molecule has 2 aromatic rings. The van der Waals surface area contributed by atoms with Crippen LogP contribution in [-0.4, -0.2) is 47.6 Å². The van der Waals surface area contributed by atoms with E-state index in [2.05, 4.69) is 5.32 Å². The van der Waals surface area contributed by atoms with Crippen molar-refractivity contribution in [1.82, 2.24) is 0 Å². The summed E-state index contributed by atoms with van der Waals surface area (Å²) in [5, 5.41) is 3.23. The van der Waals surface area contributed by atoms with Crippen LogP contribution >= 0.6 is 11.6 Å². The van der Waals surface area contributed by atoms with Gasteiger partial charge >= 0.3 is 0 Å². The van der Waals surface area contributed by atoms with Crippen molar-refractivity contribution in [3.63, 3.8) is 0 Å². The molecule has 2 aromatic carbocycles. The number of ether oxygens (including phenoxy) is 5. The number of carbonyl (C=O) groups is 1. The second kappa shape index (κ2) is 10.6. The molecular weight excluding hydrogens is 386 g/mol. The topological polar surface area (TPSA) is 75.3 Å². The summed E-state index contributed by atoms with van der Waals surface area (Å²) in [4.78, 5) is 12.6. The standard InChI is InChI=1S/C20H24ClNO6/c1-24-8-9-28-19-14(21)6-5-7-15(19)22-18(23)12-13-10-16(25-2)20(27-4)17(11-13)26-3/h5-7,10-11H,8-9,12H2,1-4H3,(H,22,23). The van der Waals surface area contributed by atoms with Gasteiger partial charge in [-0.15, -0.1) is 0 Å². The smallest absolute Gasteiger partial charge is 0.228 e. The van der Waals surface area contributed by atoms with E-state index < -0.39 is 0 Å². The van der Waals surface area contributed by atoms with Crippen molar-refractivity contribution >= 4 is 23.2 Å². The Balaban J connectivity index is 2.18. The molecule has 0 saturated carbocycles. The third-order valence-corrected chi connectivity index (χ3v) is 4.16. The number of methoxy groups -OCH3 is 4. The van der Waals surface area contributed by atoms with Gasteiger partial charge in [0.2, 0.25) is 11.7 Å². The molecular formula is C20H24ClNO6. The van der Waals surface area contributed by atoms with Gasteiger partial charge in [0.25, 0.3) is 0 Å². The third-order valence-electron chi connectivity index (χ3n) is 3.86. The van der Waals surface area contributed by atoms with Crippen molar-refractivity contribution in [2.75, 3.05) is 47.0 Å². The zero-order valence-electron chi connectivity index (χ0n) is 16.3. The van der Waals surface area contributed by atoms with Gasteiger partial charge in [-0.05, 0) is 29.8 Å². The van der Waals surface area contributed by atoms with Crippen LogP contribution in [0.2, 0.25) is 5.02 Å². The Morgan fingerprint density at radius 1 is 0.964 bits per heavy atom. The van der Waals surface area contributed by atoms with E-state index in [0.717, 1.165) is 0 Å². The van der Waals surface area contributed by atoms with E-state index in [4.69, 9.17) is 35.3 Å². The Hall–Kier alpha value is -2.64. The van der Waals surface area contributed by atoms with E-state index in [1.165, 1.54) is 21.3 Å². The monoisotopic (exact) mass is 409 g/mol. The summed E-state index contributed by atoms with van der Waals surface area (Å²) in [5.41, 5.74) is 1.19. The van der Waals surface area contributed by atoms with Crippen molar-refractivity contribution in [2.24, 2.45) is 0 Å². The molecule has 0 saturated heterocycles.